The number of ether oxygens (including phenoxy) is 1. The highest BCUT2D eigenvalue weighted by Gasteiger charge is 2.23. The van der Waals surface area contributed by atoms with Crippen LogP contribution in [0.25, 0.3) is 5.69 Å². The third kappa shape index (κ3) is 5.51. The molecule has 1 aromatic heterocycles. The zero-order valence-electron chi connectivity index (χ0n) is 20.5. The summed E-state index contributed by atoms with van der Waals surface area (Å²) in [5.41, 5.74) is 3.54. The number of nitrogens with one attached hydrogen (secondary N) is 1. The van der Waals surface area contributed by atoms with Gasteiger partial charge in [0, 0.05) is 23.5 Å². The third-order valence-electron chi connectivity index (χ3n) is 6.19. The van der Waals surface area contributed by atoms with Gasteiger partial charge in [-0.25, -0.2) is 0 Å². The molecule has 0 saturated carbocycles. The van der Waals surface area contributed by atoms with E-state index in [1.165, 1.54) is 17.3 Å². The van der Waals surface area contributed by atoms with Gasteiger partial charge in [0.1, 0.15) is 5.75 Å². The summed E-state index contributed by atoms with van der Waals surface area (Å²) < 4.78 is 7.10. The van der Waals surface area contributed by atoms with Crippen LogP contribution in [0, 0.1) is 0 Å². The molecule has 0 aliphatic carbocycles. The first-order valence-corrected chi connectivity index (χ1v) is 13.1. The van der Waals surface area contributed by atoms with Gasteiger partial charge in [0.05, 0.1) is 19.4 Å². The van der Waals surface area contributed by atoms with E-state index in [0.29, 0.717) is 28.8 Å². The Balaban J connectivity index is 1.33. The van der Waals surface area contributed by atoms with Gasteiger partial charge in [0.2, 0.25) is 5.91 Å². The molecule has 5 rings (SSSR count). The molecule has 188 valence electrons. The molecule has 0 spiro atoms. The predicted molar refractivity (Wildman–Crippen MR) is 143 cm³/mol. The maximum Gasteiger partial charge on any atom is 0.251 e. The number of para-hydroxylation sites is 2. The summed E-state index contributed by atoms with van der Waals surface area (Å²) in [5.74, 6) is 1.21. The van der Waals surface area contributed by atoms with Gasteiger partial charge in [-0.15, -0.1) is 10.2 Å². The van der Waals surface area contributed by atoms with E-state index in [4.69, 9.17) is 4.74 Å². The topological polar surface area (TPSA) is 89.3 Å². The Hall–Kier alpha value is -4.11. The Morgan fingerprint density at radius 3 is 2.65 bits per heavy atom. The monoisotopic (exact) mass is 513 g/mol. The first-order valence-electron chi connectivity index (χ1n) is 12.1. The van der Waals surface area contributed by atoms with Crippen molar-refractivity contribution in [3.8, 4) is 11.4 Å². The molecule has 2 heterocycles. The maximum atomic E-state index is 13.2. The number of carbonyl (C=O) groups is 2. The highest BCUT2D eigenvalue weighted by atomic mass is 32.2. The number of rotatable bonds is 8. The minimum absolute atomic E-state index is 0.0349. The van der Waals surface area contributed by atoms with Crippen LogP contribution < -0.4 is 15.0 Å². The zero-order chi connectivity index (χ0) is 25.6. The van der Waals surface area contributed by atoms with Crippen molar-refractivity contribution in [2.24, 2.45) is 0 Å². The number of amides is 2. The summed E-state index contributed by atoms with van der Waals surface area (Å²) in [6.07, 6.45) is 1.94. The average molecular weight is 514 g/mol. The average Bonchev–Trinajstić information content (AvgIpc) is 3.37. The van der Waals surface area contributed by atoms with Crippen LogP contribution >= 0.6 is 11.8 Å². The molecule has 0 atom stereocenters. The van der Waals surface area contributed by atoms with Gasteiger partial charge in [-0.2, -0.15) is 0 Å². The van der Waals surface area contributed by atoms with Crippen LogP contribution in [0.4, 0.5) is 5.69 Å². The second-order valence-electron chi connectivity index (χ2n) is 8.55. The van der Waals surface area contributed by atoms with E-state index in [1.54, 1.807) is 31.4 Å². The minimum atomic E-state index is -0.241. The van der Waals surface area contributed by atoms with Gasteiger partial charge in [0.15, 0.2) is 11.0 Å². The summed E-state index contributed by atoms with van der Waals surface area (Å²) in [6.45, 7) is 0.884. The fraction of sp³-hybridized carbons (Fsp3) is 0.214. The molecule has 2 amide bonds. The number of fused-ring (bicyclic) bond motifs is 1. The van der Waals surface area contributed by atoms with Crippen LogP contribution in [0.15, 0.2) is 84.0 Å². The Labute approximate surface area is 219 Å². The number of anilines is 1. The minimum Gasteiger partial charge on any atom is -0.497 e. The predicted octanol–water partition coefficient (Wildman–Crippen LogP) is 4.28. The highest BCUT2D eigenvalue weighted by Crippen LogP contribution is 2.29. The smallest absolute Gasteiger partial charge is 0.251 e. The van der Waals surface area contributed by atoms with E-state index < -0.39 is 0 Å². The normalized spacial score (nSPS) is 12.6. The van der Waals surface area contributed by atoms with E-state index in [0.717, 1.165) is 24.2 Å². The summed E-state index contributed by atoms with van der Waals surface area (Å²) in [4.78, 5) is 27.8. The number of aryl methyl sites for hydroxylation is 1. The van der Waals surface area contributed by atoms with Crippen molar-refractivity contribution in [2.75, 3.05) is 24.3 Å². The number of carbonyl (C=O) groups excluding carboxylic acids is 2. The number of methoxy groups -OCH3 is 1. The molecular weight excluding hydrogens is 486 g/mol. The molecule has 0 saturated heterocycles. The molecule has 1 N–H and O–H groups in total. The Kier molecular flexibility index (Phi) is 7.51. The molecule has 0 radical (unpaired) electrons. The fourth-order valence-electron chi connectivity index (χ4n) is 4.37. The SMILES string of the molecule is COc1cccc(C(=O)NCc2nnc(SCC(=O)N3CCCc4ccccc43)n2-c2ccccc2)c1. The molecular formula is C28H27N5O3S. The van der Waals surface area contributed by atoms with E-state index in [2.05, 4.69) is 21.6 Å². The van der Waals surface area contributed by atoms with E-state index >= 15 is 0 Å². The van der Waals surface area contributed by atoms with Crippen molar-refractivity contribution in [3.05, 3.63) is 95.8 Å². The quantitative estimate of drug-likeness (QED) is 0.354. The number of thioether (sulfide) groups is 1. The summed E-state index contributed by atoms with van der Waals surface area (Å²) >= 11 is 1.34. The second-order valence-corrected chi connectivity index (χ2v) is 9.49. The lowest BCUT2D eigenvalue weighted by Gasteiger charge is -2.29. The van der Waals surface area contributed by atoms with Crippen molar-refractivity contribution in [2.45, 2.75) is 24.5 Å². The van der Waals surface area contributed by atoms with Gasteiger partial charge in [0.25, 0.3) is 5.91 Å². The van der Waals surface area contributed by atoms with Crippen LogP contribution in [0.2, 0.25) is 0 Å². The summed E-state index contributed by atoms with van der Waals surface area (Å²) in [7, 11) is 1.56. The Morgan fingerprint density at radius 1 is 1.00 bits per heavy atom. The van der Waals surface area contributed by atoms with Gasteiger partial charge in [-0.05, 0) is 54.8 Å². The number of nitrogens with zero attached hydrogens (tertiary/aromatic N) is 4. The van der Waals surface area contributed by atoms with Crippen LogP contribution in [0.3, 0.4) is 0 Å². The van der Waals surface area contributed by atoms with Crippen molar-refractivity contribution in [1.82, 2.24) is 20.1 Å². The number of hydrogen-bond donors (Lipinski definition) is 1. The maximum absolute atomic E-state index is 13.2. The number of hydrogen-bond acceptors (Lipinski definition) is 6. The molecule has 0 fully saturated rings. The van der Waals surface area contributed by atoms with Gasteiger partial charge in [-0.3, -0.25) is 14.2 Å². The molecule has 9 heteroatoms. The number of benzene rings is 3. The fourth-order valence-corrected chi connectivity index (χ4v) is 5.21. The van der Waals surface area contributed by atoms with Gasteiger partial charge < -0.3 is 15.0 Å². The lowest BCUT2D eigenvalue weighted by molar-refractivity contribution is -0.116. The van der Waals surface area contributed by atoms with Crippen LogP contribution in [-0.2, 0) is 17.8 Å². The van der Waals surface area contributed by atoms with E-state index in [-0.39, 0.29) is 24.1 Å². The molecule has 4 aromatic rings. The summed E-state index contributed by atoms with van der Waals surface area (Å²) in [5, 5.41) is 12.2. The third-order valence-corrected chi connectivity index (χ3v) is 7.10. The Morgan fingerprint density at radius 2 is 1.81 bits per heavy atom. The lowest BCUT2D eigenvalue weighted by atomic mass is 10.0. The van der Waals surface area contributed by atoms with Crippen molar-refractivity contribution in [1.29, 1.82) is 0 Å². The van der Waals surface area contributed by atoms with Crippen LogP contribution in [-0.4, -0.2) is 46.0 Å². The largest absolute Gasteiger partial charge is 0.497 e. The van der Waals surface area contributed by atoms with Crippen molar-refractivity contribution >= 4 is 29.3 Å². The first kappa shape index (κ1) is 24.6. The Bertz CT molecular complexity index is 1410. The second kappa shape index (κ2) is 11.3. The molecule has 1 aliphatic heterocycles. The van der Waals surface area contributed by atoms with Crippen molar-refractivity contribution in [3.63, 3.8) is 0 Å². The van der Waals surface area contributed by atoms with Crippen molar-refractivity contribution < 1.29 is 14.3 Å². The highest BCUT2D eigenvalue weighted by molar-refractivity contribution is 7.99. The molecule has 37 heavy (non-hydrogen) atoms. The molecule has 0 unspecified atom stereocenters. The molecule has 3 aromatic carbocycles. The standard InChI is InChI=1S/C28H27N5O3S/c1-36-23-14-7-10-21(17-23)27(35)29-18-25-30-31-28(33(25)22-12-3-2-4-13-22)37-19-26(34)32-16-8-11-20-9-5-6-15-24(20)32/h2-7,9-10,12-15,17H,8,11,16,18-19H2,1H3,(H,29,35). The molecule has 0 bridgehead atoms. The van der Waals surface area contributed by atoms with E-state index in [9.17, 15) is 9.59 Å². The first-order chi connectivity index (χ1) is 18.1. The summed E-state index contributed by atoms with van der Waals surface area (Å²) in [6, 6.07) is 24.7. The van der Waals surface area contributed by atoms with E-state index in [1.807, 2.05) is 58.0 Å². The van der Waals surface area contributed by atoms with Gasteiger partial charge in [-0.1, -0.05) is 54.2 Å². The number of aromatic nitrogens is 3. The van der Waals surface area contributed by atoms with Crippen LogP contribution in [0.5, 0.6) is 5.75 Å². The molecule has 1 aliphatic rings. The lowest BCUT2D eigenvalue weighted by Crippen LogP contribution is -2.36. The zero-order valence-corrected chi connectivity index (χ0v) is 21.3. The van der Waals surface area contributed by atoms with Gasteiger partial charge >= 0.3 is 0 Å². The molecule has 8 nitrogen and oxygen atoms in total. The van der Waals surface area contributed by atoms with Crippen LogP contribution in [0.1, 0.15) is 28.2 Å².